The Morgan fingerprint density at radius 3 is 2.53 bits per heavy atom. The third kappa shape index (κ3) is 3.04. The predicted molar refractivity (Wildman–Crippen MR) is 80.9 cm³/mol. The van der Waals surface area contributed by atoms with Gasteiger partial charge in [0.1, 0.15) is 5.82 Å². The van der Waals surface area contributed by atoms with Gasteiger partial charge in [-0.2, -0.15) is 0 Å². The molecule has 2 rings (SSSR count). The minimum atomic E-state index is -0.480. The lowest BCUT2D eigenvalue weighted by Crippen LogP contribution is -2.14. The van der Waals surface area contributed by atoms with Gasteiger partial charge in [0, 0.05) is 8.95 Å². The fraction of sp³-hybridized carbons (Fsp3) is 0.0714. The van der Waals surface area contributed by atoms with Crippen molar-refractivity contribution < 1.29 is 9.18 Å². The van der Waals surface area contributed by atoms with Gasteiger partial charge in [-0.05, 0) is 62.5 Å². The lowest BCUT2D eigenvalue weighted by molar-refractivity contribution is 0.102. The highest BCUT2D eigenvalue weighted by atomic mass is 79.9. The standard InChI is InChI=1S/C14H10Br2FNO/c1-8-4-2-5-9(12(8)16)14(19)18-13-10(15)6-3-7-11(13)17/h2-7H,1H3,(H,18,19). The lowest BCUT2D eigenvalue weighted by atomic mass is 10.1. The number of benzene rings is 2. The first-order valence-electron chi connectivity index (χ1n) is 5.51. The summed E-state index contributed by atoms with van der Waals surface area (Å²) in [4.78, 5) is 12.2. The van der Waals surface area contributed by atoms with E-state index in [0.717, 1.165) is 5.56 Å². The molecule has 0 bridgehead atoms. The summed E-state index contributed by atoms with van der Waals surface area (Å²) in [5.41, 5.74) is 1.55. The van der Waals surface area contributed by atoms with Gasteiger partial charge in [0.25, 0.3) is 5.91 Å². The van der Waals surface area contributed by atoms with E-state index in [1.54, 1.807) is 24.3 Å². The molecule has 5 heteroatoms. The van der Waals surface area contributed by atoms with Crippen molar-refractivity contribution in [2.75, 3.05) is 5.32 Å². The van der Waals surface area contributed by atoms with Crippen molar-refractivity contribution in [3.63, 3.8) is 0 Å². The zero-order chi connectivity index (χ0) is 14.0. The number of hydrogen-bond acceptors (Lipinski definition) is 1. The summed E-state index contributed by atoms with van der Waals surface area (Å²) in [7, 11) is 0. The molecule has 2 aromatic carbocycles. The fourth-order valence-electron chi connectivity index (χ4n) is 1.62. The van der Waals surface area contributed by atoms with Gasteiger partial charge >= 0.3 is 0 Å². The predicted octanol–water partition coefficient (Wildman–Crippen LogP) is 4.91. The lowest BCUT2D eigenvalue weighted by Gasteiger charge is -2.10. The molecule has 2 aromatic rings. The number of carbonyl (C=O) groups is 1. The van der Waals surface area contributed by atoms with Gasteiger partial charge < -0.3 is 5.32 Å². The van der Waals surface area contributed by atoms with Crippen LogP contribution in [0.15, 0.2) is 45.3 Å². The van der Waals surface area contributed by atoms with Gasteiger partial charge in [-0.1, -0.05) is 18.2 Å². The maximum Gasteiger partial charge on any atom is 0.256 e. The van der Waals surface area contributed by atoms with E-state index in [-0.39, 0.29) is 11.6 Å². The third-order valence-electron chi connectivity index (χ3n) is 2.64. The number of nitrogens with one attached hydrogen (secondary N) is 1. The van der Waals surface area contributed by atoms with Crippen molar-refractivity contribution in [2.24, 2.45) is 0 Å². The number of rotatable bonds is 2. The quantitative estimate of drug-likeness (QED) is 0.780. The molecule has 19 heavy (non-hydrogen) atoms. The highest BCUT2D eigenvalue weighted by molar-refractivity contribution is 9.11. The molecule has 0 radical (unpaired) electrons. The van der Waals surface area contributed by atoms with Gasteiger partial charge in [0.05, 0.1) is 11.3 Å². The molecule has 2 nitrogen and oxygen atoms in total. The third-order valence-corrected chi connectivity index (χ3v) is 4.35. The molecule has 0 aliphatic carbocycles. The van der Waals surface area contributed by atoms with Crippen molar-refractivity contribution in [1.29, 1.82) is 0 Å². The van der Waals surface area contributed by atoms with Crippen LogP contribution in [-0.4, -0.2) is 5.91 Å². The van der Waals surface area contributed by atoms with Crippen LogP contribution in [-0.2, 0) is 0 Å². The number of hydrogen-bond donors (Lipinski definition) is 1. The van der Waals surface area contributed by atoms with Gasteiger partial charge in [-0.25, -0.2) is 4.39 Å². The highest BCUT2D eigenvalue weighted by Gasteiger charge is 2.15. The Morgan fingerprint density at radius 1 is 1.16 bits per heavy atom. The van der Waals surface area contributed by atoms with Gasteiger partial charge in [-0.3, -0.25) is 4.79 Å². The molecule has 0 saturated heterocycles. The van der Waals surface area contributed by atoms with Gasteiger partial charge in [0.15, 0.2) is 0 Å². The second-order valence-corrected chi connectivity index (χ2v) is 5.63. The van der Waals surface area contributed by atoms with Crippen LogP contribution in [0, 0.1) is 12.7 Å². The molecule has 98 valence electrons. The molecule has 0 atom stereocenters. The molecule has 0 aliphatic rings. The molecule has 0 saturated carbocycles. The first-order chi connectivity index (χ1) is 9.00. The molecule has 1 amide bonds. The average molecular weight is 387 g/mol. The molecule has 0 aliphatic heterocycles. The zero-order valence-electron chi connectivity index (χ0n) is 10.0. The van der Waals surface area contributed by atoms with Crippen molar-refractivity contribution in [3.8, 4) is 0 Å². The first-order valence-corrected chi connectivity index (χ1v) is 7.10. The Bertz CT molecular complexity index is 623. The average Bonchev–Trinajstić information content (AvgIpc) is 2.37. The SMILES string of the molecule is Cc1cccc(C(=O)Nc2c(F)cccc2Br)c1Br. The number of para-hydroxylation sites is 1. The van der Waals surface area contributed by atoms with E-state index in [1.807, 2.05) is 13.0 Å². The second kappa shape index (κ2) is 5.84. The summed E-state index contributed by atoms with van der Waals surface area (Å²) < 4.78 is 14.9. The van der Waals surface area contributed by atoms with Crippen LogP contribution >= 0.6 is 31.9 Å². The summed E-state index contributed by atoms with van der Waals surface area (Å²) >= 11 is 6.58. The number of anilines is 1. The van der Waals surface area contributed by atoms with Crippen LogP contribution in [0.2, 0.25) is 0 Å². The van der Waals surface area contributed by atoms with Crippen molar-refractivity contribution >= 4 is 43.5 Å². The fourth-order valence-corrected chi connectivity index (χ4v) is 2.51. The summed E-state index contributed by atoms with van der Waals surface area (Å²) in [5, 5.41) is 2.57. The van der Waals surface area contributed by atoms with E-state index in [1.165, 1.54) is 6.07 Å². The summed E-state index contributed by atoms with van der Waals surface area (Å²) in [6, 6.07) is 9.89. The van der Waals surface area contributed by atoms with E-state index >= 15 is 0 Å². The summed E-state index contributed by atoms with van der Waals surface area (Å²) in [6.45, 7) is 1.89. The molecule has 0 unspecified atom stereocenters. The zero-order valence-corrected chi connectivity index (χ0v) is 13.2. The second-order valence-electron chi connectivity index (χ2n) is 3.99. The van der Waals surface area contributed by atoms with E-state index in [9.17, 15) is 9.18 Å². The molecule has 1 N–H and O–H groups in total. The van der Waals surface area contributed by atoms with Crippen LogP contribution in [0.1, 0.15) is 15.9 Å². The Balaban J connectivity index is 2.34. The number of halogens is 3. The maximum absolute atomic E-state index is 13.6. The van der Waals surface area contributed by atoms with E-state index < -0.39 is 5.82 Å². The van der Waals surface area contributed by atoms with Crippen molar-refractivity contribution in [1.82, 2.24) is 0 Å². The molecule has 0 fully saturated rings. The van der Waals surface area contributed by atoms with Crippen LogP contribution in [0.4, 0.5) is 10.1 Å². The maximum atomic E-state index is 13.6. The Morgan fingerprint density at radius 2 is 1.84 bits per heavy atom. The largest absolute Gasteiger partial charge is 0.318 e. The molecule has 0 spiro atoms. The summed E-state index contributed by atoms with van der Waals surface area (Å²) in [6.07, 6.45) is 0. The van der Waals surface area contributed by atoms with Crippen LogP contribution in [0.5, 0.6) is 0 Å². The van der Waals surface area contributed by atoms with Crippen LogP contribution in [0.25, 0.3) is 0 Å². The monoisotopic (exact) mass is 385 g/mol. The highest BCUT2D eigenvalue weighted by Crippen LogP contribution is 2.27. The minimum Gasteiger partial charge on any atom is -0.318 e. The molecular weight excluding hydrogens is 377 g/mol. The minimum absolute atomic E-state index is 0.140. The number of carbonyl (C=O) groups excluding carboxylic acids is 1. The van der Waals surface area contributed by atoms with Crippen molar-refractivity contribution in [3.05, 3.63) is 62.3 Å². The normalized spacial score (nSPS) is 10.3. The topological polar surface area (TPSA) is 29.1 Å². The number of amides is 1. The van der Waals surface area contributed by atoms with E-state index in [2.05, 4.69) is 37.2 Å². The first kappa shape index (κ1) is 14.2. The van der Waals surface area contributed by atoms with Gasteiger partial charge in [-0.15, -0.1) is 0 Å². The smallest absolute Gasteiger partial charge is 0.256 e. The van der Waals surface area contributed by atoms with E-state index in [4.69, 9.17) is 0 Å². The van der Waals surface area contributed by atoms with Gasteiger partial charge in [0.2, 0.25) is 0 Å². The number of aryl methyl sites for hydroxylation is 1. The molecule has 0 aromatic heterocycles. The Hall–Kier alpha value is -1.20. The van der Waals surface area contributed by atoms with Crippen LogP contribution in [0.3, 0.4) is 0 Å². The van der Waals surface area contributed by atoms with Crippen LogP contribution < -0.4 is 5.32 Å². The Kier molecular flexibility index (Phi) is 4.37. The molecular formula is C14H10Br2FNO. The van der Waals surface area contributed by atoms with Crippen molar-refractivity contribution in [2.45, 2.75) is 6.92 Å². The molecule has 0 heterocycles. The Labute approximate surface area is 127 Å². The van der Waals surface area contributed by atoms with E-state index in [0.29, 0.717) is 14.5 Å². The summed E-state index contributed by atoms with van der Waals surface area (Å²) in [5.74, 6) is -0.840.